The Labute approximate surface area is 92.5 Å². The molecule has 0 aliphatic heterocycles. The standard InChI is InChI=1S/C2H2N2S3.2Li.2H/c5-1-2(6)7-4-3-1;;;;/h5-6H;;;;. The summed E-state index contributed by atoms with van der Waals surface area (Å²) in [4.78, 5) is 0. The number of rotatable bonds is 0. The average molecular weight is 166 g/mol. The zero-order chi connectivity index (χ0) is 5.28. The van der Waals surface area contributed by atoms with Crippen LogP contribution in [0, 0.1) is 0 Å². The number of hydrogen-bond acceptors (Lipinski definition) is 5. The Kier molecular flexibility index (Phi) is 8.98. The van der Waals surface area contributed by atoms with E-state index in [1.807, 2.05) is 0 Å². The van der Waals surface area contributed by atoms with Crippen LogP contribution >= 0.6 is 36.8 Å². The molecular weight excluding hydrogens is 162 g/mol. The second-order valence-corrected chi connectivity index (χ2v) is 2.83. The molecule has 1 heterocycles. The van der Waals surface area contributed by atoms with Crippen molar-refractivity contribution in [2.24, 2.45) is 0 Å². The summed E-state index contributed by atoms with van der Waals surface area (Å²) in [6.07, 6.45) is 0. The fraction of sp³-hybridized carbons (Fsp3) is 0. The number of thiol groups is 2. The summed E-state index contributed by atoms with van der Waals surface area (Å²) in [6, 6.07) is 0. The maximum atomic E-state index is 3.97. The van der Waals surface area contributed by atoms with Crippen molar-refractivity contribution in [3.63, 3.8) is 0 Å². The van der Waals surface area contributed by atoms with Gasteiger partial charge in [0.25, 0.3) is 0 Å². The van der Waals surface area contributed by atoms with Gasteiger partial charge in [-0.15, -0.1) is 30.4 Å². The molecule has 1 rings (SSSR count). The Morgan fingerprint density at radius 2 is 1.78 bits per heavy atom. The molecule has 0 bridgehead atoms. The van der Waals surface area contributed by atoms with Gasteiger partial charge in [0.15, 0.2) is 0 Å². The molecule has 0 amide bonds. The fourth-order valence-corrected chi connectivity index (χ4v) is 0.886. The molecule has 2 nitrogen and oxygen atoms in total. The Morgan fingerprint density at radius 3 is 1.89 bits per heavy atom. The molecule has 42 valence electrons. The second kappa shape index (κ2) is 6.18. The van der Waals surface area contributed by atoms with Crippen LogP contribution in [0.25, 0.3) is 0 Å². The van der Waals surface area contributed by atoms with Gasteiger partial charge in [-0.2, -0.15) is 0 Å². The Bertz CT molecular complexity index is 150. The first-order valence-electron chi connectivity index (χ1n) is 1.51. The van der Waals surface area contributed by atoms with Crippen molar-refractivity contribution in [3.8, 4) is 0 Å². The molecule has 0 saturated heterocycles. The fourth-order valence-electron chi connectivity index (χ4n) is 0.181. The van der Waals surface area contributed by atoms with Crippen LogP contribution in [0.1, 0.15) is 0 Å². The van der Waals surface area contributed by atoms with Gasteiger partial charge in [-0.1, -0.05) is 4.49 Å². The van der Waals surface area contributed by atoms with E-state index in [-0.39, 0.29) is 37.7 Å². The van der Waals surface area contributed by atoms with Crippen molar-refractivity contribution < 1.29 is 0 Å². The van der Waals surface area contributed by atoms with Gasteiger partial charge in [0, 0.05) is 0 Å². The van der Waals surface area contributed by atoms with Crippen molar-refractivity contribution in [2.45, 2.75) is 9.24 Å². The predicted octanol–water partition coefficient (Wildman–Crippen LogP) is -0.182. The quantitative estimate of drug-likeness (QED) is 0.413. The molecule has 0 aromatic carbocycles. The molecular formula is C2H4Li2N2S3. The zero-order valence-electron chi connectivity index (χ0n) is 3.20. The molecule has 7 heteroatoms. The maximum absolute atomic E-state index is 3.97. The van der Waals surface area contributed by atoms with Crippen LogP contribution < -0.4 is 0 Å². The van der Waals surface area contributed by atoms with E-state index in [0.29, 0.717) is 5.03 Å². The molecule has 9 heavy (non-hydrogen) atoms. The van der Waals surface area contributed by atoms with Crippen LogP contribution in [0.3, 0.4) is 0 Å². The summed E-state index contributed by atoms with van der Waals surface area (Å²) in [5.41, 5.74) is 0. The molecule has 0 N–H and O–H groups in total. The number of hydrogen-bond donors (Lipinski definition) is 2. The van der Waals surface area contributed by atoms with Gasteiger partial charge in [0.1, 0.15) is 9.24 Å². The van der Waals surface area contributed by atoms with Gasteiger partial charge in [0.2, 0.25) is 0 Å². The summed E-state index contributed by atoms with van der Waals surface area (Å²) < 4.78 is 4.33. The monoisotopic (exact) mass is 166 g/mol. The summed E-state index contributed by atoms with van der Waals surface area (Å²) in [7, 11) is 0. The third-order valence-electron chi connectivity index (χ3n) is 0.454. The van der Waals surface area contributed by atoms with Crippen LogP contribution in [0.5, 0.6) is 0 Å². The summed E-state index contributed by atoms with van der Waals surface area (Å²) >= 11 is 9.11. The van der Waals surface area contributed by atoms with Gasteiger partial charge in [-0.3, -0.25) is 0 Å². The van der Waals surface area contributed by atoms with E-state index in [4.69, 9.17) is 0 Å². The van der Waals surface area contributed by atoms with Crippen molar-refractivity contribution in [1.29, 1.82) is 0 Å². The molecule has 1 aromatic heterocycles. The van der Waals surface area contributed by atoms with Crippen LogP contribution in [0.2, 0.25) is 0 Å². The van der Waals surface area contributed by atoms with Gasteiger partial charge in [-0.25, -0.2) is 0 Å². The minimum absolute atomic E-state index is 0. The van der Waals surface area contributed by atoms with Crippen molar-refractivity contribution >= 4 is 74.5 Å². The number of aromatic nitrogens is 2. The molecule has 0 aliphatic rings. The van der Waals surface area contributed by atoms with E-state index in [1.165, 1.54) is 11.5 Å². The van der Waals surface area contributed by atoms with Gasteiger partial charge in [0.05, 0.1) is 0 Å². The molecule has 0 radical (unpaired) electrons. The second-order valence-electron chi connectivity index (χ2n) is 0.902. The van der Waals surface area contributed by atoms with Crippen molar-refractivity contribution in [1.82, 2.24) is 9.59 Å². The van der Waals surface area contributed by atoms with E-state index in [0.717, 1.165) is 4.21 Å². The third-order valence-corrected chi connectivity index (χ3v) is 2.08. The van der Waals surface area contributed by atoms with E-state index < -0.39 is 0 Å². The first-order valence-corrected chi connectivity index (χ1v) is 3.18. The number of nitrogens with zero attached hydrogens (tertiary/aromatic N) is 2. The van der Waals surface area contributed by atoms with Crippen molar-refractivity contribution in [3.05, 3.63) is 0 Å². The normalized spacial score (nSPS) is 7.33. The SMILES string of the molecule is Sc1nnsc1S.[LiH].[LiH]. The molecule has 0 atom stereocenters. The van der Waals surface area contributed by atoms with E-state index in [9.17, 15) is 0 Å². The van der Waals surface area contributed by atoms with Crippen LogP contribution in [-0.2, 0) is 0 Å². The summed E-state index contributed by atoms with van der Waals surface area (Å²) in [6.45, 7) is 0. The summed E-state index contributed by atoms with van der Waals surface area (Å²) in [5.74, 6) is 0. The van der Waals surface area contributed by atoms with E-state index >= 15 is 0 Å². The van der Waals surface area contributed by atoms with Gasteiger partial charge >= 0.3 is 37.7 Å². The molecule has 1 aromatic rings. The first-order chi connectivity index (χ1) is 3.30. The average Bonchev–Trinajstić information content (AvgIpc) is 1.91. The van der Waals surface area contributed by atoms with E-state index in [1.54, 1.807) is 0 Å². The molecule has 0 spiro atoms. The Morgan fingerprint density at radius 1 is 1.22 bits per heavy atom. The van der Waals surface area contributed by atoms with E-state index in [2.05, 4.69) is 34.8 Å². The van der Waals surface area contributed by atoms with Gasteiger partial charge < -0.3 is 0 Å². The Balaban J connectivity index is 0. The zero-order valence-corrected chi connectivity index (χ0v) is 5.80. The topological polar surface area (TPSA) is 25.8 Å². The van der Waals surface area contributed by atoms with Crippen LogP contribution in [0.15, 0.2) is 9.24 Å². The van der Waals surface area contributed by atoms with Crippen LogP contribution in [-0.4, -0.2) is 47.3 Å². The minimum atomic E-state index is 0. The molecule has 0 aliphatic carbocycles. The first kappa shape index (κ1) is 13.1. The van der Waals surface area contributed by atoms with Crippen LogP contribution in [0.4, 0.5) is 0 Å². The summed E-state index contributed by atoms with van der Waals surface area (Å²) in [5, 5.41) is 4.18. The van der Waals surface area contributed by atoms with Gasteiger partial charge in [-0.05, 0) is 11.5 Å². The molecule has 0 saturated carbocycles. The third kappa shape index (κ3) is 4.00. The predicted molar refractivity (Wildman–Crippen MR) is 48.7 cm³/mol. The van der Waals surface area contributed by atoms with Crippen molar-refractivity contribution in [2.75, 3.05) is 0 Å². The molecule has 0 fully saturated rings. The Hall–Kier alpha value is 1.45. The molecule has 0 unspecified atom stereocenters.